The highest BCUT2D eigenvalue weighted by Gasteiger charge is 2.50. The molecule has 0 bridgehead atoms. The summed E-state index contributed by atoms with van der Waals surface area (Å²) in [7, 11) is 0. The summed E-state index contributed by atoms with van der Waals surface area (Å²) in [4.78, 5) is 33.0. The van der Waals surface area contributed by atoms with Gasteiger partial charge in [0.1, 0.15) is 5.60 Å². The van der Waals surface area contributed by atoms with E-state index in [-0.39, 0.29) is 24.5 Å². The molecule has 1 saturated heterocycles. The van der Waals surface area contributed by atoms with E-state index in [4.69, 9.17) is 0 Å². The Morgan fingerprint density at radius 2 is 1.61 bits per heavy atom. The standard InChI is InChI=1S/C24H25N3O4/c28-15-20-14-19-13-18(5-6-21(19)25-20)16-1-3-17(4-2-16)22(29)26-9-11-27(12-10-26)23(30)24(31)7-8-24/h1-6,13-14,20,28,31H,7-12,15H2. The molecule has 1 aliphatic carbocycles. The summed E-state index contributed by atoms with van der Waals surface area (Å²) in [6.45, 7) is 1.86. The predicted molar refractivity (Wildman–Crippen MR) is 115 cm³/mol. The third-order valence-corrected chi connectivity index (χ3v) is 6.33. The van der Waals surface area contributed by atoms with Crippen LogP contribution in [-0.4, -0.2) is 76.3 Å². The van der Waals surface area contributed by atoms with Crippen LogP contribution in [0.5, 0.6) is 0 Å². The molecule has 0 spiro atoms. The van der Waals surface area contributed by atoms with Crippen LogP contribution in [0, 0.1) is 0 Å². The number of hydrogen-bond acceptors (Lipinski definition) is 5. The third kappa shape index (κ3) is 3.75. The summed E-state index contributed by atoms with van der Waals surface area (Å²) < 4.78 is 0. The van der Waals surface area contributed by atoms with E-state index >= 15 is 0 Å². The quantitative estimate of drug-likeness (QED) is 0.726. The Morgan fingerprint density at radius 1 is 0.968 bits per heavy atom. The van der Waals surface area contributed by atoms with E-state index in [1.54, 1.807) is 9.80 Å². The Kier molecular flexibility index (Phi) is 4.87. The van der Waals surface area contributed by atoms with Crippen molar-refractivity contribution in [3.8, 4) is 11.1 Å². The Balaban J connectivity index is 1.25. The van der Waals surface area contributed by atoms with E-state index in [0.717, 1.165) is 21.7 Å². The number of carbonyl (C=O) groups is 2. The smallest absolute Gasteiger partial charge is 0.254 e. The second-order valence-corrected chi connectivity index (χ2v) is 8.51. The molecule has 2 aromatic carbocycles. The number of benzene rings is 2. The van der Waals surface area contributed by atoms with Crippen molar-refractivity contribution in [3.63, 3.8) is 0 Å². The molecule has 2 fully saturated rings. The minimum Gasteiger partial charge on any atom is -0.394 e. The molecule has 1 atom stereocenters. The summed E-state index contributed by atoms with van der Waals surface area (Å²) in [5, 5.41) is 21.2. The lowest BCUT2D eigenvalue weighted by molar-refractivity contribution is -0.143. The van der Waals surface area contributed by atoms with Gasteiger partial charge in [-0.3, -0.25) is 14.6 Å². The van der Waals surface area contributed by atoms with Crippen LogP contribution in [0.15, 0.2) is 47.5 Å². The van der Waals surface area contributed by atoms with Gasteiger partial charge in [0.15, 0.2) is 0 Å². The highest BCUT2D eigenvalue weighted by atomic mass is 16.3. The second-order valence-electron chi connectivity index (χ2n) is 8.51. The first kappa shape index (κ1) is 19.9. The van der Waals surface area contributed by atoms with Gasteiger partial charge in [0.25, 0.3) is 11.8 Å². The fourth-order valence-corrected chi connectivity index (χ4v) is 4.23. The molecule has 2 aromatic rings. The van der Waals surface area contributed by atoms with Gasteiger partial charge in [-0.15, -0.1) is 0 Å². The van der Waals surface area contributed by atoms with Crippen molar-refractivity contribution in [2.24, 2.45) is 4.99 Å². The summed E-state index contributed by atoms with van der Waals surface area (Å²) in [5.41, 5.74) is 1.51. The Bertz CT molecular complexity index is 1150. The Hall–Kier alpha value is -3.03. The Labute approximate surface area is 179 Å². The Morgan fingerprint density at radius 3 is 2.26 bits per heavy atom. The maximum absolute atomic E-state index is 12.9. The lowest BCUT2D eigenvalue weighted by Crippen LogP contribution is -2.53. The number of hydrogen-bond donors (Lipinski definition) is 2. The van der Waals surface area contributed by atoms with Crippen LogP contribution >= 0.6 is 0 Å². The van der Waals surface area contributed by atoms with Gasteiger partial charge in [-0.25, -0.2) is 0 Å². The highest BCUT2D eigenvalue weighted by molar-refractivity contribution is 5.95. The van der Waals surface area contributed by atoms with E-state index in [9.17, 15) is 19.8 Å². The number of amides is 2. The summed E-state index contributed by atoms with van der Waals surface area (Å²) in [6.07, 6.45) is 3.04. The van der Waals surface area contributed by atoms with Crippen LogP contribution in [0.2, 0.25) is 0 Å². The van der Waals surface area contributed by atoms with Crippen LogP contribution in [0.1, 0.15) is 23.2 Å². The average Bonchev–Trinajstić information content (AvgIpc) is 3.43. The molecular weight excluding hydrogens is 394 g/mol. The van der Waals surface area contributed by atoms with Crippen molar-refractivity contribution < 1.29 is 19.8 Å². The van der Waals surface area contributed by atoms with Gasteiger partial charge in [0.05, 0.1) is 18.0 Å². The first-order valence-electron chi connectivity index (χ1n) is 10.7. The average molecular weight is 419 g/mol. The van der Waals surface area contributed by atoms with Gasteiger partial charge in [-0.05, 0) is 59.5 Å². The molecular formula is C24H25N3O4. The zero-order chi connectivity index (χ0) is 21.6. The van der Waals surface area contributed by atoms with E-state index in [1.165, 1.54) is 0 Å². The lowest BCUT2D eigenvalue weighted by Gasteiger charge is -2.35. The lowest BCUT2D eigenvalue weighted by atomic mass is 10.0. The molecule has 0 radical (unpaired) electrons. The minimum absolute atomic E-state index is 0.00408. The van der Waals surface area contributed by atoms with E-state index < -0.39 is 5.60 Å². The first-order chi connectivity index (χ1) is 15.0. The molecule has 7 nitrogen and oxygen atoms in total. The molecule has 160 valence electrons. The molecule has 2 amide bonds. The van der Waals surface area contributed by atoms with Gasteiger partial charge in [-0.2, -0.15) is 0 Å². The number of aliphatic hydroxyl groups is 2. The van der Waals surface area contributed by atoms with Crippen LogP contribution in [0.4, 0.5) is 0 Å². The van der Waals surface area contributed by atoms with Crippen molar-refractivity contribution in [3.05, 3.63) is 58.6 Å². The van der Waals surface area contributed by atoms with Crippen LogP contribution in [-0.2, 0) is 4.79 Å². The van der Waals surface area contributed by atoms with Crippen molar-refractivity contribution in [1.82, 2.24) is 9.80 Å². The predicted octanol–water partition coefficient (Wildman–Crippen LogP) is -0.0625. The van der Waals surface area contributed by atoms with Crippen molar-refractivity contribution >= 4 is 17.9 Å². The van der Waals surface area contributed by atoms with E-state index in [2.05, 4.69) is 11.1 Å². The molecule has 3 aliphatic rings. The normalized spacial score (nSPS) is 21.2. The molecule has 1 saturated carbocycles. The zero-order valence-electron chi connectivity index (χ0n) is 17.2. The molecule has 0 aromatic heterocycles. The van der Waals surface area contributed by atoms with Crippen molar-refractivity contribution in [2.75, 3.05) is 32.8 Å². The molecule has 2 aliphatic heterocycles. The number of aliphatic hydroxyl groups excluding tert-OH is 1. The van der Waals surface area contributed by atoms with Crippen LogP contribution < -0.4 is 10.6 Å². The van der Waals surface area contributed by atoms with E-state index in [0.29, 0.717) is 44.6 Å². The summed E-state index contributed by atoms with van der Waals surface area (Å²) >= 11 is 0. The zero-order valence-corrected chi connectivity index (χ0v) is 17.2. The summed E-state index contributed by atoms with van der Waals surface area (Å²) in [6, 6.07) is 13.4. The maximum atomic E-state index is 12.9. The second kappa shape index (κ2) is 7.59. The third-order valence-electron chi connectivity index (χ3n) is 6.33. The molecule has 2 heterocycles. The largest absolute Gasteiger partial charge is 0.394 e. The molecule has 1 unspecified atom stereocenters. The van der Waals surface area contributed by atoms with Gasteiger partial charge in [0.2, 0.25) is 0 Å². The van der Waals surface area contributed by atoms with Crippen LogP contribution in [0.3, 0.4) is 0 Å². The molecule has 31 heavy (non-hydrogen) atoms. The molecule has 5 rings (SSSR count). The minimum atomic E-state index is -1.15. The topological polar surface area (TPSA) is 93.4 Å². The van der Waals surface area contributed by atoms with Crippen molar-refractivity contribution in [2.45, 2.75) is 24.5 Å². The number of fused-ring (bicyclic) bond motifs is 1. The van der Waals surface area contributed by atoms with Crippen LogP contribution in [0.25, 0.3) is 17.2 Å². The number of carbonyl (C=O) groups excluding carboxylic acids is 2. The fraction of sp³-hybridized carbons (Fsp3) is 0.375. The monoisotopic (exact) mass is 419 g/mol. The van der Waals surface area contributed by atoms with Gasteiger partial charge in [0, 0.05) is 31.7 Å². The fourth-order valence-electron chi connectivity index (χ4n) is 4.23. The maximum Gasteiger partial charge on any atom is 0.254 e. The van der Waals surface area contributed by atoms with Gasteiger partial charge in [-0.1, -0.05) is 18.2 Å². The van der Waals surface area contributed by atoms with Gasteiger partial charge < -0.3 is 20.0 Å². The summed E-state index contributed by atoms with van der Waals surface area (Å²) in [5.74, 6) is -0.246. The molecule has 2 N–H and O–H groups in total. The SMILES string of the molecule is O=C(c1ccc(-c2ccc3c(c2)=CC(CO)N=3)cc1)N1CCN(C(=O)C2(O)CC2)CC1. The van der Waals surface area contributed by atoms with Crippen molar-refractivity contribution in [1.29, 1.82) is 0 Å². The number of piperazine rings is 1. The number of rotatable bonds is 4. The first-order valence-corrected chi connectivity index (χ1v) is 10.7. The van der Waals surface area contributed by atoms with Gasteiger partial charge >= 0.3 is 0 Å². The number of nitrogens with zero attached hydrogens (tertiary/aromatic N) is 3. The molecule has 7 heteroatoms. The van der Waals surface area contributed by atoms with E-state index in [1.807, 2.05) is 42.5 Å². The highest BCUT2D eigenvalue weighted by Crippen LogP contribution is 2.37.